The molecule has 5 rings (SSSR count). The largest absolute Gasteiger partial charge is 0.458 e. The van der Waals surface area contributed by atoms with Gasteiger partial charge in [-0.3, -0.25) is 9.35 Å². The molecule has 1 spiro atoms. The summed E-state index contributed by atoms with van der Waals surface area (Å²) in [5.41, 5.74) is -1.91. The number of esters is 1. The molecule has 31 heavy (non-hydrogen) atoms. The number of ether oxygens (including phenoxy) is 1. The van der Waals surface area contributed by atoms with E-state index in [1.54, 1.807) is 0 Å². The quantitative estimate of drug-likeness (QED) is 0.361. The van der Waals surface area contributed by atoms with Crippen molar-refractivity contribution < 1.29 is 48.8 Å². The fourth-order valence-corrected chi connectivity index (χ4v) is 7.11. The second-order valence-electron chi connectivity index (χ2n) is 9.95. The van der Waals surface area contributed by atoms with Crippen molar-refractivity contribution >= 4 is 16.1 Å². The van der Waals surface area contributed by atoms with Gasteiger partial charge in [0.15, 0.2) is 6.61 Å². The zero-order valence-corrected chi connectivity index (χ0v) is 17.4. The third-order valence-electron chi connectivity index (χ3n) is 8.34. The van der Waals surface area contributed by atoms with Gasteiger partial charge in [-0.15, -0.1) is 0 Å². The summed E-state index contributed by atoms with van der Waals surface area (Å²) >= 11 is 0. The summed E-state index contributed by atoms with van der Waals surface area (Å²) in [6.07, 6.45) is -0.161. The van der Waals surface area contributed by atoms with Crippen molar-refractivity contribution in [1.82, 2.24) is 0 Å². The van der Waals surface area contributed by atoms with Crippen molar-refractivity contribution in [2.45, 2.75) is 74.9 Å². The molecule has 2 unspecified atom stereocenters. The Bertz CT molecular complexity index is 837. The maximum atomic E-state index is 14.0. The van der Waals surface area contributed by atoms with E-state index in [1.807, 2.05) is 0 Å². The normalized spacial score (nSPS) is 38.1. The van der Waals surface area contributed by atoms with Gasteiger partial charge < -0.3 is 4.74 Å². The maximum Gasteiger partial charge on any atom is 0.402 e. The highest BCUT2D eigenvalue weighted by Crippen LogP contribution is 2.71. The van der Waals surface area contributed by atoms with Crippen LogP contribution < -0.4 is 0 Å². The molecule has 0 radical (unpaired) electrons. The number of halogens is 6. The van der Waals surface area contributed by atoms with Crippen molar-refractivity contribution in [3.63, 3.8) is 0 Å². The van der Waals surface area contributed by atoms with Gasteiger partial charge in [0.1, 0.15) is 0 Å². The average molecular weight is 478 g/mol. The van der Waals surface area contributed by atoms with Crippen molar-refractivity contribution in [2.24, 2.45) is 28.6 Å². The topological polar surface area (TPSA) is 80.7 Å². The minimum absolute atomic E-state index is 0.0297. The van der Waals surface area contributed by atoms with E-state index in [1.165, 1.54) is 0 Å². The van der Waals surface area contributed by atoms with E-state index >= 15 is 0 Å². The van der Waals surface area contributed by atoms with Gasteiger partial charge in [0.05, 0.1) is 5.41 Å². The predicted octanol–water partition coefficient (Wildman–Crippen LogP) is 4.67. The SMILES string of the molecule is O=C(OCC(F)(F)S(=O)(=O)O)C12CC3CC(C1)C1(CCC(F)(F)C(F)(F)CC1)C(C3)C2. The van der Waals surface area contributed by atoms with Crippen LogP contribution in [-0.2, 0) is 19.6 Å². The molecule has 0 aromatic carbocycles. The Labute approximate surface area is 175 Å². The standard InChI is InChI=1S/C19H24F6O5S/c20-17(21)3-1-16(2-4-18(17,22)23)12-5-11-6-13(16)9-15(7-11,8-12)14(26)30-10-19(24,25)31(27,28)29/h11-13H,1-10H2,(H,27,28,29). The van der Waals surface area contributed by atoms with Gasteiger partial charge in [0.2, 0.25) is 0 Å². The Kier molecular flexibility index (Phi) is 5.03. The molecule has 5 saturated carbocycles. The molecule has 0 saturated heterocycles. The molecule has 1 N–H and O–H groups in total. The van der Waals surface area contributed by atoms with Crippen LogP contribution in [0.1, 0.15) is 57.8 Å². The number of hydrogen-bond acceptors (Lipinski definition) is 4. The van der Waals surface area contributed by atoms with Gasteiger partial charge in [-0.1, -0.05) is 0 Å². The molecule has 0 aliphatic heterocycles. The summed E-state index contributed by atoms with van der Waals surface area (Å²) in [6, 6.07) is 0. The summed E-state index contributed by atoms with van der Waals surface area (Å²) in [7, 11) is -5.76. The van der Waals surface area contributed by atoms with Gasteiger partial charge in [0, 0.05) is 12.8 Å². The van der Waals surface area contributed by atoms with E-state index in [0.717, 1.165) is 0 Å². The molecular formula is C19H24F6O5S. The first-order valence-electron chi connectivity index (χ1n) is 10.3. The molecule has 0 amide bonds. The molecule has 2 atom stereocenters. The first-order valence-corrected chi connectivity index (χ1v) is 11.8. The van der Waals surface area contributed by atoms with Crippen LogP contribution in [0.25, 0.3) is 0 Å². The van der Waals surface area contributed by atoms with Crippen LogP contribution in [0.3, 0.4) is 0 Å². The molecule has 5 nitrogen and oxygen atoms in total. The summed E-state index contributed by atoms with van der Waals surface area (Å²) in [4.78, 5) is 12.7. The minimum atomic E-state index is -5.76. The van der Waals surface area contributed by atoms with E-state index in [2.05, 4.69) is 4.74 Å². The second kappa shape index (κ2) is 6.74. The van der Waals surface area contributed by atoms with Crippen LogP contribution in [0.15, 0.2) is 0 Å². The second-order valence-corrected chi connectivity index (χ2v) is 11.5. The van der Waals surface area contributed by atoms with Crippen LogP contribution in [0, 0.1) is 28.6 Å². The lowest BCUT2D eigenvalue weighted by atomic mass is 9.39. The third kappa shape index (κ3) is 3.46. The summed E-state index contributed by atoms with van der Waals surface area (Å²) in [6.45, 7) is -1.82. The number of alkyl halides is 6. The third-order valence-corrected chi connectivity index (χ3v) is 9.21. The first kappa shape index (κ1) is 23.1. The lowest BCUT2D eigenvalue weighted by molar-refractivity contribution is -0.210. The van der Waals surface area contributed by atoms with Crippen molar-refractivity contribution in [3.8, 4) is 0 Å². The van der Waals surface area contributed by atoms with Gasteiger partial charge >= 0.3 is 33.2 Å². The van der Waals surface area contributed by atoms with E-state index in [4.69, 9.17) is 4.55 Å². The van der Waals surface area contributed by atoms with E-state index < -0.39 is 63.5 Å². The van der Waals surface area contributed by atoms with Crippen LogP contribution in [0.2, 0.25) is 0 Å². The molecule has 12 heteroatoms. The molecule has 0 aromatic rings. The molecule has 5 aliphatic carbocycles. The van der Waals surface area contributed by atoms with Gasteiger partial charge in [-0.05, 0) is 68.1 Å². The Balaban J connectivity index is 1.54. The van der Waals surface area contributed by atoms with E-state index in [9.17, 15) is 39.6 Å². The number of hydrogen-bond donors (Lipinski definition) is 1. The molecule has 4 bridgehead atoms. The Morgan fingerprint density at radius 1 is 0.935 bits per heavy atom. The summed E-state index contributed by atoms with van der Waals surface area (Å²) in [5.74, 6) is -9.72. The molecule has 5 aliphatic rings. The van der Waals surface area contributed by atoms with Gasteiger partial charge in [0.25, 0.3) is 0 Å². The lowest BCUT2D eigenvalue weighted by Crippen LogP contribution is -2.59. The fourth-order valence-electron chi connectivity index (χ4n) is 6.90. The molecule has 0 aromatic heterocycles. The highest BCUT2D eigenvalue weighted by Gasteiger charge is 2.68. The Morgan fingerprint density at radius 3 is 1.87 bits per heavy atom. The lowest BCUT2D eigenvalue weighted by Gasteiger charge is -2.64. The summed E-state index contributed by atoms with van der Waals surface area (Å²) < 4.78 is 118. The first-order chi connectivity index (χ1) is 14.0. The van der Waals surface area contributed by atoms with E-state index in [-0.39, 0.29) is 43.4 Å². The predicted molar refractivity (Wildman–Crippen MR) is 94.2 cm³/mol. The zero-order valence-electron chi connectivity index (χ0n) is 16.6. The van der Waals surface area contributed by atoms with Gasteiger partial charge in [-0.2, -0.15) is 34.8 Å². The molecule has 178 valence electrons. The highest BCUT2D eigenvalue weighted by molar-refractivity contribution is 7.86. The molecular weight excluding hydrogens is 454 g/mol. The zero-order chi connectivity index (χ0) is 23.1. The Morgan fingerprint density at radius 2 is 1.42 bits per heavy atom. The number of carbonyl (C=O) groups is 1. The Hall–Kier alpha value is -1.04. The average Bonchev–Trinajstić information content (AvgIpc) is 2.72. The summed E-state index contributed by atoms with van der Waals surface area (Å²) in [5, 5.41) is -4.65. The molecule has 0 heterocycles. The number of carbonyl (C=O) groups excluding carboxylic acids is 1. The minimum Gasteiger partial charge on any atom is -0.458 e. The van der Waals surface area contributed by atoms with Crippen molar-refractivity contribution in [2.75, 3.05) is 6.61 Å². The maximum absolute atomic E-state index is 14.0. The van der Waals surface area contributed by atoms with E-state index in [0.29, 0.717) is 19.3 Å². The number of rotatable bonds is 4. The van der Waals surface area contributed by atoms with Crippen molar-refractivity contribution in [1.29, 1.82) is 0 Å². The van der Waals surface area contributed by atoms with Crippen LogP contribution in [0.5, 0.6) is 0 Å². The van der Waals surface area contributed by atoms with Crippen LogP contribution in [-0.4, -0.2) is 42.6 Å². The van der Waals surface area contributed by atoms with Crippen LogP contribution in [0.4, 0.5) is 26.3 Å². The fraction of sp³-hybridized carbons (Fsp3) is 0.947. The highest BCUT2D eigenvalue weighted by atomic mass is 32.2. The monoisotopic (exact) mass is 478 g/mol. The van der Waals surface area contributed by atoms with Crippen molar-refractivity contribution in [3.05, 3.63) is 0 Å². The van der Waals surface area contributed by atoms with Gasteiger partial charge in [-0.25, -0.2) is 0 Å². The molecule has 5 fully saturated rings. The smallest absolute Gasteiger partial charge is 0.402 e. The van der Waals surface area contributed by atoms with Crippen LogP contribution >= 0.6 is 0 Å².